The topological polar surface area (TPSA) is 20.2 Å². The predicted octanol–water partition coefficient (Wildman–Crippen LogP) is 2.16. The quantitative estimate of drug-likeness (QED) is 0.573. The highest BCUT2D eigenvalue weighted by Gasteiger charge is 2.18. The van der Waals surface area contributed by atoms with Gasteiger partial charge in [0.05, 0.1) is 6.10 Å². The van der Waals surface area contributed by atoms with Gasteiger partial charge in [0.1, 0.15) is 0 Å². The van der Waals surface area contributed by atoms with Crippen molar-refractivity contribution in [2.75, 3.05) is 0 Å². The van der Waals surface area contributed by atoms with Crippen LogP contribution < -0.4 is 0 Å². The molecule has 0 spiro atoms. The number of rotatable bonds is 2. The first-order valence-corrected chi connectivity index (χ1v) is 3.82. The first-order valence-electron chi connectivity index (χ1n) is 3.82. The number of aliphatic hydroxyl groups excluding tert-OH is 1. The molecule has 0 saturated carbocycles. The van der Waals surface area contributed by atoms with E-state index in [0.29, 0.717) is 0 Å². The van der Waals surface area contributed by atoms with Gasteiger partial charge in [0, 0.05) is 12.0 Å². The Kier molecular flexibility index (Phi) is 3.15. The summed E-state index contributed by atoms with van der Waals surface area (Å²) in [5.41, 5.74) is -0.332. The maximum atomic E-state index is 13.0. The van der Waals surface area contributed by atoms with E-state index in [1.807, 2.05) is 0 Å². The van der Waals surface area contributed by atoms with Gasteiger partial charge in [0.2, 0.25) is 0 Å². The number of benzene rings is 1. The lowest BCUT2D eigenvalue weighted by atomic mass is 10.1. The molecule has 14 heavy (non-hydrogen) atoms. The van der Waals surface area contributed by atoms with Crippen molar-refractivity contribution in [3.8, 4) is 12.3 Å². The van der Waals surface area contributed by atoms with E-state index in [1.165, 1.54) is 0 Å². The molecule has 1 nitrogen and oxygen atoms in total. The molecule has 0 bridgehead atoms. The van der Waals surface area contributed by atoms with E-state index in [4.69, 9.17) is 6.42 Å². The molecule has 0 aliphatic heterocycles. The van der Waals surface area contributed by atoms with Crippen molar-refractivity contribution in [2.45, 2.75) is 12.5 Å². The fourth-order valence-corrected chi connectivity index (χ4v) is 1.02. The van der Waals surface area contributed by atoms with Crippen LogP contribution in [-0.2, 0) is 0 Å². The molecule has 1 unspecified atom stereocenters. The lowest BCUT2D eigenvalue weighted by Crippen LogP contribution is -2.03. The molecule has 0 fully saturated rings. The molecule has 1 aromatic carbocycles. The Morgan fingerprint density at radius 3 is 2.50 bits per heavy atom. The van der Waals surface area contributed by atoms with Crippen LogP contribution in [0.1, 0.15) is 18.1 Å². The third-order valence-corrected chi connectivity index (χ3v) is 1.74. The zero-order valence-corrected chi connectivity index (χ0v) is 7.10. The van der Waals surface area contributed by atoms with Crippen molar-refractivity contribution in [2.24, 2.45) is 0 Å². The molecule has 1 aromatic rings. The summed E-state index contributed by atoms with van der Waals surface area (Å²) >= 11 is 0. The summed E-state index contributed by atoms with van der Waals surface area (Å²) in [6.45, 7) is 0. The monoisotopic (exact) mass is 200 g/mol. The van der Waals surface area contributed by atoms with Crippen molar-refractivity contribution in [1.82, 2.24) is 0 Å². The van der Waals surface area contributed by atoms with Gasteiger partial charge in [-0.05, 0) is 6.07 Å². The molecule has 1 rings (SSSR count). The molecule has 1 atom stereocenters. The molecular weight excluding hydrogens is 193 g/mol. The van der Waals surface area contributed by atoms with Gasteiger partial charge in [-0.2, -0.15) is 0 Å². The van der Waals surface area contributed by atoms with Gasteiger partial charge in [-0.15, -0.1) is 12.3 Å². The Morgan fingerprint density at radius 1 is 1.29 bits per heavy atom. The van der Waals surface area contributed by atoms with Gasteiger partial charge in [-0.3, -0.25) is 0 Å². The number of terminal acetylenes is 1. The molecular formula is C10H7F3O. The Labute approximate surface area is 79.2 Å². The summed E-state index contributed by atoms with van der Waals surface area (Å²) in [4.78, 5) is 0. The molecule has 74 valence electrons. The van der Waals surface area contributed by atoms with E-state index < -0.39 is 23.6 Å². The van der Waals surface area contributed by atoms with Crippen LogP contribution in [0.3, 0.4) is 0 Å². The smallest absolute Gasteiger partial charge is 0.194 e. The van der Waals surface area contributed by atoms with Crippen LogP contribution in [0.4, 0.5) is 13.2 Å². The van der Waals surface area contributed by atoms with Gasteiger partial charge in [0.15, 0.2) is 17.5 Å². The van der Waals surface area contributed by atoms with Crippen LogP contribution in [0.2, 0.25) is 0 Å². The van der Waals surface area contributed by atoms with Crippen molar-refractivity contribution in [3.63, 3.8) is 0 Å². The predicted molar refractivity (Wildman–Crippen MR) is 44.7 cm³/mol. The normalized spacial score (nSPS) is 12.2. The fourth-order valence-electron chi connectivity index (χ4n) is 1.02. The highest BCUT2D eigenvalue weighted by atomic mass is 19.2. The van der Waals surface area contributed by atoms with Gasteiger partial charge in [-0.25, -0.2) is 13.2 Å². The summed E-state index contributed by atoms with van der Waals surface area (Å²) < 4.78 is 38.1. The summed E-state index contributed by atoms with van der Waals surface area (Å²) in [6, 6.07) is 1.71. The van der Waals surface area contributed by atoms with Crippen molar-refractivity contribution in [1.29, 1.82) is 0 Å². The lowest BCUT2D eigenvalue weighted by Gasteiger charge is -2.09. The SMILES string of the molecule is C#CCC(O)c1ccc(F)c(F)c1F. The summed E-state index contributed by atoms with van der Waals surface area (Å²) in [7, 11) is 0. The molecule has 0 aliphatic rings. The number of hydrogen-bond donors (Lipinski definition) is 1. The average molecular weight is 200 g/mol. The van der Waals surface area contributed by atoms with Gasteiger partial charge in [-0.1, -0.05) is 6.07 Å². The van der Waals surface area contributed by atoms with E-state index in [2.05, 4.69) is 5.92 Å². The Balaban J connectivity index is 3.12. The first kappa shape index (κ1) is 10.6. The molecule has 0 aromatic heterocycles. The zero-order chi connectivity index (χ0) is 10.7. The number of hydrogen-bond acceptors (Lipinski definition) is 1. The van der Waals surface area contributed by atoms with E-state index in [0.717, 1.165) is 12.1 Å². The van der Waals surface area contributed by atoms with Gasteiger partial charge < -0.3 is 5.11 Å². The molecule has 0 amide bonds. The van der Waals surface area contributed by atoms with E-state index >= 15 is 0 Å². The highest BCUT2D eigenvalue weighted by molar-refractivity contribution is 5.23. The minimum absolute atomic E-state index is 0.151. The average Bonchev–Trinajstić information content (AvgIpc) is 2.15. The highest BCUT2D eigenvalue weighted by Crippen LogP contribution is 2.22. The van der Waals surface area contributed by atoms with Crippen molar-refractivity contribution >= 4 is 0 Å². The van der Waals surface area contributed by atoms with Crippen molar-refractivity contribution in [3.05, 3.63) is 35.1 Å². The maximum absolute atomic E-state index is 13.0. The second-order valence-corrected chi connectivity index (χ2v) is 2.69. The first-order chi connectivity index (χ1) is 6.57. The second kappa shape index (κ2) is 4.16. The standard InChI is InChI=1S/C10H7F3O/c1-2-3-8(14)6-4-5-7(11)10(13)9(6)12/h1,4-5,8,14H,3H2. The van der Waals surface area contributed by atoms with Crippen LogP contribution in [0.5, 0.6) is 0 Å². The third kappa shape index (κ3) is 1.88. The summed E-state index contributed by atoms with van der Waals surface area (Å²) in [6.07, 6.45) is 3.42. The van der Waals surface area contributed by atoms with Crippen LogP contribution in [0.15, 0.2) is 12.1 Å². The van der Waals surface area contributed by atoms with Crippen LogP contribution in [0.25, 0.3) is 0 Å². The number of halogens is 3. The fraction of sp³-hybridized carbons (Fsp3) is 0.200. The van der Waals surface area contributed by atoms with E-state index in [9.17, 15) is 18.3 Å². The molecule has 0 saturated heterocycles. The Morgan fingerprint density at radius 2 is 1.93 bits per heavy atom. The Hall–Kier alpha value is -1.47. The molecule has 4 heteroatoms. The minimum atomic E-state index is -1.60. The zero-order valence-electron chi connectivity index (χ0n) is 7.10. The maximum Gasteiger partial charge on any atom is 0.194 e. The third-order valence-electron chi connectivity index (χ3n) is 1.74. The van der Waals surface area contributed by atoms with Crippen LogP contribution in [0, 0.1) is 29.8 Å². The number of aliphatic hydroxyl groups is 1. The summed E-state index contributed by atoms with van der Waals surface area (Å²) in [5, 5.41) is 9.25. The van der Waals surface area contributed by atoms with E-state index in [-0.39, 0.29) is 12.0 Å². The molecule has 0 heterocycles. The van der Waals surface area contributed by atoms with Gasteiger partial charge >= 0.3 is 0 Å². The van der Waals surface area contributed by atoms with Crippen molar-refractivity contribution < 1.29 is 18.3 Å². The van der Waals surface area contributed by atoms with Crippen LogP contribution in [-0.4, -0.2) is 5.11 Å². The molecule has 1 N–H and O–H groups in total. The lowest BCUT2D eigenvalue weighted by molar-refractivity contribution is 0.177. The minimum Gasteiger partial charge on any atom is -0.387 e. The summed E-state index contributed by atoms with van der Waals surface area (Å²) in [5.74, 6) is -2.19. The molecule has 0 aliphatic carbocycles. The van der Waals surface area contributed by atoms with Crippen LogP contribution >= 0.6 is 0 Å². The Bertz CT molecular complexity index is 382. The van der Waals surface area contributed by atoms with Gasteiger partial charge in [0.25, 0.3) is 0 Å². The molecule has 0 radical (unpaired) electrons. The largest absolute Gasteiger partial charge is 0.387 e. The second-order valence-electron chi connectivity index (χ2n) is 2.69. The van der Waals surface area contributed by atoms with E-state index in [1.54, 1.807) is 0 Å².